The molecule has 6 heteroatoms. The molecule has 0 aliphatic rings. The van der Waals surface area contributed by atoms with E-state index in [9.17, 15) is 9.50 Å². The van der Waals surface area contributed by atoms with Crippen molar-refractivity contribution in [3.63, 3.8) is 0 Å². The van der Waals surface area contributed by atoms with E-state index in [1.807, 2.05) is 32.0 Å². The number of nitrogens with zero attached hydrogens (tertiary/aromatic N) is 1. The number of ether oxygens (including phenoxy) is 2. The van der Waals surface area contributed by atoms with Gasteiger partial charge in [0.15, 0.2) is 5.76 Å². The number of methoxy groups -OCH3 is 2. The van der Waals surface area contributed by atoms with E-state index in [1.54, 1.807) is 26.4 Å². The topological polar surface area (TPSA) is 41.9 Å². The standard InChI is InChI=1S/C22H35FNO3P/c1-8-12-22(3,15-19(25)20(27-7)14-17(9-2)26-6)28-21-11-10-16(23)13-18(21)24(4)5/h10-11,13-14,25,28H,8-9,12,15H2,1-7H3/b17-14+,20-19-. The summed E-state index contributed by atoms with van der Waals surface area (Å²) in [6.07, 6.45) is 4.86. The Morgan fingerprint density at radius 2 is 1.93 bits per heavy atom. The lowest BCUT2D eigenvalue weighted by molar-refractivity contribution is 0.243. The normalized spacial score (nSPS) is 15.4. The number of halogens is 1. The lowest BCUT2D eigenvalue weighted by Gasteiger charge is -2.31. The van der Waals surface area contributed by atoms with E-state index >= 15 is 0 Å². The molecule has 2 atom stereocenters. The monoisotopic (exact) mass is 411 g/mol. The first kappa shape index (κ1) is 24.3. The molecular formula is C22H35FNO3P. The van der Waals surface area contributed by atoms with E-state index in [4.69, 9.17) is 9.47 Å². The Morgan fingerprint density at radius 1 is 1.25 bits per heavy atom. The largest absolute Gasteiger partial charge is 0.508 e. The Hall–Kier alpha value is -1.74. The highest BCUT2D eigenvalue weighted by atomic mass is 31.1. The van der Waals surface area contributed by atoms with E-state index in [0.717, 1.165) is 29.6 Å². The second kappa shape index (κ2) is 11.3. The van der Waals surface area contributed by atoms with E-state index in [1.165, 1.54) is 6.07 Å². The zero-order valence-electron chi connectivity index (χ0n) is 18.2. The molecule has 0 fully saturated rings. The number of aliphatic hydroxyl groups excluding tert-OH is 1. The SMILES string of the molecule is CCCC(C)(C/C(O)=C(\C=C(/CC)OC)OC)Pc1ccc(F)cc1N(C)C. The molecular weight excluding hydrogens is 376 g/mol. The number of anilines is 1. The summed E-state index contributed by atoms with van der Waals surface area (Å²) in [4.78, 5) is 1.93. The van der Waals surface area contributed by atoms with Gasteiger partial charge in [-0.15, -0.1) is 0 Å². The molecule has 0 radical (unpaired) electrons. The molecule has 0 saturated carbocycles. The van der Waals surface area contributed by atoms with Crippen molar-refractivity contribution in [1.29, 1.82) is 0 Å². The molecule has 1 N–H and O–H groups in total. The van der Waals surface area contributed by atoms with Crippen LogP contribution in [0, 0.1) is 5.82 Å². The average Bonchev–Trinajstić information content (AvgIpc) is 2.64. The minimum absolute atomic E-state index is 0.168. The van der Waals surface area contributed by atoms with Crippen molar-refractivity contribution < 1.29 is 19.0 Å². The van der Waals surface area contributed by atoms with Crippen LogP contribution in [0.1, 0.15) is 46.5 Å². The fourth-order valence-corrected chi connectivity index (χ4v) is 5.09. The Kier molecular flexibility index (Phi) is 9.81. The van der Waals surface area contributed by atoms with Gasteiger partial charge < -0.3 is 19.5 Å². The first-order chi connectivity index (χ1) is 13.2. The summed E-state index contributed by atoms with van der Waals surface area (Å²) in [6.45, 7) is 6.29. The van der Waals surface area contributed by atoms with Gasteiger partial charge in [-0.3, -0.25) is 0 Å². The van der Waals surface area contributed by atoms with Crippen molar-refractivity contribution in [1.82, 2.24) is 0 Å². The van der Waals surface area contributed by atoms with Crippen LogP contribution in [0.25, 0.3) is 0 Å². The summed E-state index contributed by atoms with van der Waals surface area (Å²) < 4.78 is 24.5. The van der Waals surface area contributed by atoms with Gasteiger partial charge in [0, 0.05) is 38.7 Å². The summed E-state index contributed by atoms with van der Waals surface area (Å²) in [6, 6.07) is 4.93. The van der Waals surface area contributed by atoms with Crippen molar-refractivity contribution in [2.24, 2.45) is 0 Å². The molecule has 0 amide bonds. The molecule has 28 heavy (non-hydrogen) atoms. The van der Waals surface area contributed by atoms with Gasteiger partial charge in [-0.25, -0.2) is 4.39 Å². The third-order valence-electron chi connectivity index (χ3n) is 4.64. The van der Waals surface area contributed by atoms with Gasteiger partial charge >= 0.3 is 0 Å². The molecule has 1 aromatic rings. The molecule has 1 rings (SSSR count). The Bertz CT molecular complexity index is 697. The van der Waals surface area contributed by atoms with Crippen molar-refractivity contribution in [2.75, 3.05) is 33.2 Å². The Labute approximate surface area is 171 Å². The average molecular weight is 411 g/mol. The second-order valence-corrected chi connectivity index (χ2v) is 9.35. The van der Waals surface area contributed by atoms with Gasteiger partial charge in [0.1, 0.15) is 11.6 Å². The van der Waals surface area contributed by atoms with E-state index in [-0.39, 0.29) is 16.7 Å². The van der Waals surface area contributed by atoms with Crippen LogP contribution in [0.5, 0.6) is 0 Å². The maximum absolute atomic E-state index is 13.7. The third-order valence-corrected chi connectivity index (χ3v) is 6.37. The van der Waals surface area contributed by atoms with E-state index in [2.05, 4.69) is 13.8 Å². The van der Waals surface area contributed by atoms with E-state index in [0.29, 0.717) is 27.2 Å². The minimum Gasteiger partial charge on any atom is -0.508 e. The fraction of sp³-hybridized carbons (Fsp3) is 0.545. The van der Waals surface area contributed by atoms with Gasteiger partial charge in [0.05, 0.1) is 20.0 Å². The predicted octanol–water partition coefficient (Wildman–Crippen LogP) is 5.50. The highest BCUT2D eigenvalue weighted by Crippen LogP contribution is 2.42. The molecule has 0 aromatic heterocycles. The van der Waals surface area contributed by atoms with Crippen LogP contribution in [-0.2, 0) is 9.47 Å². The van der Waals surface area contributed by atoms with Crippen molar-refractivity contribution in [2.45, 2.75) is 51.6 Å². The zero-order valence-corrected chi connectivity index (χ0v) is 19.2. The molecule has 0 aliphatic heterocycles. The molecule has 158 valence electrons. The van der Waals surface area contributed by atoms with Gasteiger partial charge in [0.2, 0.25) is 0 Å². The van der Waals surface area contributed by atoms with Crippen molar-refractivity contribution >= 4 is 19.6 Å². The molecule has 0 bridgehead atoms. The number of rotatable bonds is 11. The van der Waals surface area contributed by atoms with Crippen LogP contribution in [0.2, 0.25) is 0 Å². The molecule has 4 nitrogen and oxygen atoms in total. The quantitative estimate of drug-likeness (QED) is 0.297. The van der Waals surface area contributed by atoms with Crippen LogP contribution in [0.4, 0.5) is 10.1 Å². The number of allylic oxidation sites excluding steroid dienone is 3. The molecule has 0 heterocycles. The summed E-state index contributed by atoms with van der Waals surface area (Å²) >= 11 is 0. The first-order valence-electron chi connectivity index (χ1n) is 9.65. The predicted molar refractivity (Wildman–Crippen MR) is 119 cm³/mol. The van der Waals surface area contributed by atoms with Gasteiger partial charge in [-0.2, -0.15) is 0 Å². The maximum atomic E-state index is 13.7. The van der Waals surface area contributed by atoms with Crippen LogP contribution in [0.3, 0.4) is 0 Å². The van der Waals surface area contributed by atoms with Crippen LogP contribution in [-0.4, -0.2) is 38.6 Å². The first-order valence-corrected chi connectivity index (χ1v) is 10.6. The lowest BCUT2D eigenvalue weighted by atomic mass is 9.99. The van der Waals surface area contributed by atoms with Gasteiger partial charge in [0.25, 0.3) is 0 Å². The Balaban J connectivity index is 3.24. The molecule has 0 spiro atoms. The zero-order chi connectivity index (χ0) is 21.3. The smallest absolute Gasteiger partial charge is 0.159 e. The molecule has 2 unspecified atom stereocenters. The third kappa shape index (κ3) is 7.01. The summed E-state index contributed by atoms with van der Waals surface area (Å²) in [7, 11) is 7.42. The van der Waals surface area contributed by atoms with Gasteiger partial charge in [-0.05, 0) is 35.1 Å². The van der Waals surface area contributed by atoms with Crippen LogP contribution in [0.15, 0.2) is 41.6 Å². The molecule has 1 aromatic carbocycles. The summed E-state index contributed by atoms with van der Waals surface area (Å²) in [5, 5.41) is 11.7. The molecule has 0 saturated heterocycles. The van der Waals surface area contributed by atoms with Crippen LogP contribution < -0.4 is 10.2 Å². The Morgan fingerprint density at radius 3 is 2.43 bits per heavy atom. The number of benzene rings is 1. The summed E-state index contributed by atoms with van der Waals surface area (Å²) in [5.41, 5.74) is 0.878. The highest BCUT2D eigenvalue weighted by Gasteiger charge is 2.28. The lowest BCUT2D eigenvalue weighted by Crippen LogP contribution is -2.26. The minimum atomic E-state index is -0.240. The molecule has 0 aliphatic carbocycles. The van der Waals surface area contributed by atoms with Crippen molar-refractivity contribution in [3.05, 3.63) is 47.4 Å². The summed E-state index contributed by atoms with van der Waals surface area (Å²) in [5.74, 6) is 1.15. The van der Waals surface area contributed by atoms with E-state index < -0.39 is 0 Å². The second-order valence-electron chi connectivity index (χ2n) is 7.35. The maximum Gasteiger partial charge on any atom is 0.159 e. The number of hydrogen-bond acceptors (Lipinski definition) is 4. The van der Waals surface area contributed by atoms with Gasteiger partial charge in [-0.1, -0.05) is 35.8 Å². The highest BCUT2D eigenvalue weighted by molar-refractivity contribution is 7.49. The van der Waals surface area contributed by atoms with Crippen LogP contribution >= 0.6 is 8.58 Å². The number of aliphatic hydroxyl groups is 1. The van der Waals surface area contributed by atoms with Crippen molar-refractivity contribution in [3.8, 4) is 0 Å². The fourth-order valence-electron chi connectivity index (χ4n) is 3.22. The number of hydrogen-bond donors (Lipinski definition) is 1.